The van der Waals surface area contributed by atoms with E-state index in [-0.39, 0.29) is 0 Å². The fraction of sp³-hybridized carbons (Fsp3) is 0.500. The van der Waals surface area contributed by atoms with Crippen LogP contribution in [0.15, 0.2) is 0 Å². The lowest BCUT2D eigenvalue weighted by molar-refractivity contribution is -0.654. The summed E-state index contributed by atoms with van der Waals surface area (Å²) >= 11 is 0. The standard InChI is InChI=1S/C10H15N4/c1-6-9-10(12-7(2)11-6)14(5)8(3)13(9)4/h1-5H3/q+1. The van der Waals surface area contributed by atoms with Crippen LogP contribution >= 0.6 is 0 Å². The molecule has 0 N–H and O–H groups in total. The highest BCUT2D eigenvalue weighted by Crippen LogP contribution is 2.13. The number of rotatable bonds is 0. The number of nitrogens with zero attached hydrogens (tertiary/aromatic N) is 4. The lowest BCUT2D eigenvalue weighted by atomic mass is 10.4. The maximum atomic E-state index is 4.45. The second kappa shape index (κ2) is 2.77. The van der Waals surface area contributed by atoms with Crippen LogP contribution in [0.3, 0.4) is 0 Å². The van der Waals surface area contributed by atoms with Crippen LogP contribution in [0, 0.1) is 20.8 Å². The Labute approximate surface area is 83.2 Å². The molecule has 0 aliphatic rings. The fourth-order valence-corrected chi connectivity index (χ4v) is 1.86. The van der Waals surface area contributed by atoms with Gasteiger partial charge in [0, 0.05) is 13.8 Å². The predicted octanol–water partition coefficient (Wildman–Crippen LogP) is 0.718. The molecule has 0 spiro atoms. The summed E-state index contributed by atoms with van der Waals surface area (Å²) in [4.78, 5) is 8.82. The van der Waals surface area contributed by atoms with Crippen molar-refractivity contribution < 1.29 is 4.57 Å². The van der Waals surface area contributed by atoms with Crippen molar-refractivity contribution in [3.8, 4) is 0 Å². The zero-order valence-electron chi connectivity index (χ0n) is 9.29. The first-order chi connectivity index (χ1) is 6.52. The maximum Gasteiger partial charge on any atom is 0.305 e. The summed E-state index contributed by atoms with van der Waals surface area (Å²) in [6, 6.07) is 0. The molecule has 0 radical (unpaired) electrons. The summed E-state index contributed by atoms with van der Waals surface area (Å²) in [7, 11) is 4.08. The van der Waals surface area contributed by atoms with Gasteiger partial charge in [-0.1, -0.05) is 4.98 Å². The Balaban J connectivity index is 3.02. The molecule has 0 fully saturated rings. The van der Waals surface area contributed by atoms with Gasteiger partial charge in [-0.25, -0.2) is 9.55 Å². The van der Waals surface area contributed by atoms with Gasteiger partial charge < -0.3 is 0 Å². The first-order valence-corrected chi connectivity index (χ1v) is 4.68. The minimum Gasteiger partial charge on any atom is -0.259 e. The SMILES string of the molecule is Cc1nc(C)c2c(n1)[n+](C)c(C)n2C. The topological polar surface area (TPSA) is 34.6 Å². The number of fused-ring (bicyclic) bond motifs is 1. The van der Waals surface area contributed by atoms with Gasteiger partial charge >= 0.3 is 5.65 Å². The molecule has 2 heterocycles. The molecule has 0 aliphatic carbocycles. The Bertz CT molecular complexity index is 511. The molecule has 2 rings (SSSR count). The van der Waals surface area contributed by atoms with Gasteiger partial charge in [0.05, 0.1) is 19.8 Å². The first-order valence-electron chi connectivity index (χ1n) is 4.68. The van der Waals surface area contributed by atoms with Crippen molar-refractivity contribution in [1.82, 2.24) is 14.5 Å². The number of imidazole rings is 1. The molecule has 0 bridgehead atoms. The summed E-state index contributed by atoms with van der Waals surface area (Å²) < 4.78 is 4.22. The van der Waals surface area contributed by atoms with E-state index < -0.39 is 0 Å². The second-order valence-electron chi connectivity index (χ2n) is 3.69. The number of hydrogen-bond donors (Lipinski definition) is 0. The lowest BCUT2D eigenvalue weighted by Gasteiger charge is -1.93. The molecule has 74 valence electrons. The van der Waals surface area contributed by atoms with Crippen LogP contribution in [0.2, 0.25) is 0 Å². The third-order valence-corrected chi connectivity index (χ3v) is 2.78. The Morgan fingerprint density at radius 1 is 1.14 bits per heavy atom. The van der Waals surface area contributed by atoms with E-state index in [0.717, 1.165) is 22.7 Å². The van der Waals surface area contributed by atoms with E-state index in [0.29, 0.717) is 0 Å². The van der Waals surface area contributed by atoms with Crippen molar-refractivity contribution in [1.29, 1.82) is 0 Å². The molecule has 2 aromatic heterocycles. The molecule has 2 aromatic rings. The zero-order chi connectivity index (χ0) is 10.5. The van der Waals surface area contributed by atoms with Crippen molar-refractivity contribution >= 4 is 11.2 Å². The maximum absolute atomic E-state index is 4.45. The van der Waals surface area contributed by atoms with Crippen LogP contribution in [0.5, 0.6) is 0 Å². The molecular formula is C10H15N4+. The molecule has 4 nitrogen and oxygen atoms in total. The van der Waals surface area contributed by atoms with Crippen molar-refractivity contribution in [2.24, 2.45) is 14.1 Å². The smallest absolute Gasteiger partial charge is 0.259 e. The van der Waals surface area contributed by atoms with E-state index in [1.54, 1.807) is 0 Å². The summed E-state index contributed by atoms with van der Waals surface area (Å²) in [6.45, 7) is 6.03. The molecule has 0 aliphatic heterocycles. The molecule has 0 amide bonds. The van der Waals surface area contributed by atoms with Crippen LogP contribution in [0.1, 0.15) is 17.3 Å². The van der Waals surface area contributed by atoms with E-state index in [4.69, 9.17) is 0 Å². The highest BCUT2D eigenvalue weighted by molar-refractivity contribution is 5.70. The number of aromatic nitrogens is 4. The molecule has 0 atom stereocenters. The normalized spacial score (nSPS) is 11.2. The van der Waals surface area contributed by atoms with Crippen molar-refractivity contribution in [2.75, 3.05) is 0 Å². The van der Waals surface area contributed by atoms with Gasteiger partial charge in [-0.3, -0.25) is 4.57 Å². The van der Waals surface area contributed by atoms with Gasteiger partial charge in [0.25, 0.3) is 0 Å². The first kappa shape index (κ1) is 9.12. The van der Waals surface area contributed by atoms with Gasteiger partial charge in [-0.05, 0) is 6.92 Å². The second-order valence-corrected chi connectivity index (χ2v) is 3.69. The minimum absolute atomic E-state index is 0.830. The van der Waals surface area contributed by atoms with E-state index in [1.807, 2.05) is 27.9 Å². The highest BCUT2D eigenvalue weighted by atomic mass is 15.2. The number of aryl methyl sites for hydroxylation is 4. The molecule has 4 heteroatoms. The van der Waals surface area contributed by atoms with Crippen LogP contribution in [-0.2, 0) is 14.1 Å². The zero-order valence-corrected chi connectivity index (χ0v) is 9.29. The third-order valence-electron chi connectivity index (χ3n) is 2.78. The van der Waals surface area contributed by atoms with Crippen LogP contribution < -0.4 is 4.57 Å². The molecule has 0 saturated heterocycles. The van der Waals surface area contributed by atoms with E-state index in [2.05, 4.69) is 26.0 Å². The Kier molecular flexibility index (Phi) is 1.80. The fourth-order valence-electron chi connectivity index (χ4n) is 1.86. The summed E-state index contributed by atoms with van der Waals surface area (Å²) in [5.74, 6) is 2.01. The third kappa shape index (κ3) is 1.03. The van der Waals surface area contributed by atoms with Gasteiger partial charge in [-0.15, -0.1) is 0 Å². The van der Waals surface area contributed by atoms with Crippen LogP contribution in [0.25, 0.3) is 11.2 Å². The van der Waals surface area contributed by atoms with Gasteiger partial charge in [0.2, 0.25) is 11.6 Å². The summed E-state index contributed by atoms with van der Waals surface area (Å²) in [6.07, 6.45) is 0. The van der Waals surface area contributed by atoms with Gasteiger partial charge in [0.1, 0.15) is 0 Å². The quantitative estimate of drug-likeness (QED) is 0.575. The van der Waals surface area contributed by atoms with Crippen LogP contribution in [-0.4, -0.2) is 14.5 Å². The largest absolute Gasteiger partial charge is 0.305 e. The van der Waals surface area contributed by atoms with Gasteiger partial charge in [-0.2, -0.15) is 0 Å². The van der Waals surface area contributed by atoms with E-state index in [1.165, 1.54) is 5.82 Å². The Morgan fingerprint density at radius 3 is 2.43 bits per heavy atom. The Morgan fingerprint density at radius 2 is 1.79 bits per heavy atom. The number of hydrogen-bond acceptors (Lipinski definition) is 2. The molecule has 0 saturated carbocycles. The molecule has 14 heavy (non-hydrogen) atoms. The van der Waals surface area contributed by atoms with Crippen molar-refractivity contribution in [3.63, 3.8) is 0 Å². The highest BCUT2D eigenvalue weighted by Gasteiger charge is 2.20. The summed E-state index contributed by atoms with van der Waals surface area (Å²) in [5, 5.41) is 0. The van der Waals surface area contributed by atoms with E-state index in [9.17, 15) is 0 Å². The average Bonchev–Trinajstić information content (AvgIpc) is 2.31. The molecular weight excluding hydrogens is 176 g/mol. The minimum atomic E-state index is 0.830. The Hall–Kier alpha value is -1.45. The molecule has 0 unspecified atom stereocenters. The van der Waals surface area contributed by atoms with Crippen LogP contribution in [0.4, 0.5) is 0 Å². The van der Waals surface area contributed by atoms with Crippen molar-refractivity contribution in [2.45, 2.75) is 20.8 Å². The lowest BCUT2D eigenvalue weighted by Crippen LogP contribution is -2.31. The van der Waals surface area contributed by atoms with Gasteiger partial charge in [0.15, 0.2) is 5.52 Å². The average molecular weight is 191 g/mol. The van der Waals surface area contributed by atoms with E-state index >= 15 is 0 Å². The molecule has 0 aromatic carbocycles. The summed E-state index contributed by atoms with van der Waals surface area (Å²) in [5.41, 5.74) is 3.17. The predicted molar refractivity (Wildman–Crippen MR) is 53.9 cm³/mol. The van der Waals surface area contributed by atoms with Crippen molar-refractivity contribution in [3.05, 3.63) is 17.3 Å². The monoisotopic (exact) mass is 191 g/mol.